The third kappa shape index (κ3) is 7.61. The predicted octanol–water partition coefficient (Wildman–Crippen LogP) is 1.78. The minimum absolute atomic E-state index is 0. The number of morpholine rings is 1. The van der Waals surface area contributed by atoms with E-state index in [9.17, 15) is 4.21 Å². The molecule has 158 valence electrons. The van der Waals surface area contributed by atoms with Crippen molar-refractivity contribution in [3.8, 4) is 0 Å². The van der Waals surface area contributed by atoms with Gasteiger partial charge in [-0.15, -0.1) is 24.0 Å². The molecule has 1 aromatic rings. The molecular weight excluding hydrogens is 487 g/mol. The lowest BCUT2D eigenvalue weighted by atomic mass is 10.1. The lowest BCUT2D eigenvalue weighted by Crippen LogP contribution is -2.43. The Labute approximate surface area is 188 Å². The van der Waals surface area contributed by atoms with Crippen LogP contribution >= 0.6 is 24.0 Å². The van der Waals surface area contributed by atoms with E-state index in [1.807, 2.05) is 37.4 Å². The number of ether oxygens (including phenoxy) is 1. The van der Waals surface area contributed by atoms with Gasteiger partial charge < -0.3 is 15.0 Å². The van der Waals surface area contributed by atoms with E-state index in [4.69, 9.17) is 4.74 Å². The van der Waals surface area contributed by atoms with E-state index in [1.165, 1.54) is 6.42 Å². The molecule has 0 aliphatic carbocycles. The summed E-state index contributed by atoms with van der Waals surface area (Å²) in [5.41, 5.74) is 1.13. The molecule has 2 unspecified atom stereocenters. The summed E-state index contributed by atoms with van der Waals surface area (Å²) in [5, 5.41) is 3.40. The minimum atomic E-state index is -0.857. The van der Waals surface area contributed by atoms with E-state index in [0.717, 1.165) is 57.5 Å². The molecule has 6 nitrogen and oxygen atoms in total. The number of halogens is 1. The summed E-state index contributed by atoms with van der Waals surface area (Å²) in [5.74, 6) is 2.89. The summed E-state index contributed by atoms with van der Waals surface area (Å²) >= 11 is 0. The second-order valence-electron chi connectivity index (χ2n) is 7.26. The highest BCUT2D eigenvalue weighted by Crippen LogP contribution is 2.18. The van der Waals surface area contributed by atoms with Gasteiger partial charge in [-0.25, -0.2) is 0 Å². The van der Waals surface area contributed by atoms with E-state index in [0.29, 0.717) is 24.0 Å². The van der Waals surface area contributed by atoms with Crippen molar-refractivity contribution in [1.29, 1.82) is 0 Å². The number of hydrogen-bond acceptors (Lipinski definition) is 4. The highest BCUT2D eigenvalue weighted by atomic mass is 127. The second-order valence-corrected chi connectivity index (χ2v) is 8.84. The van der Waals surface area contributed by atoms with Crippen LogP contribution in [0.4, 0.5) is 0 Å². The average Bonchev–Trinajstić information content (AvgIpc) is 3.15. The summed E-state index contributed by atoms with van der Waals surface area (Å²) in [7, 11) is 0.974. The number of nitrogens with zero attached hydrogens (tertiary/aromatic N) is 3. The number of likely N-dealkylation sites (tertiary alicyclic amines) is 1. The Balaban J connectivity index is 0.00000280. The fourth-order valence-electron chi connectivity index (χ4n) is 3.76. The normalized spacial score (nSPS) is 22.0. The fraction of sp³-hybridized carbons (Fsp3) is 0.650. The standard InChI is InChI=1S/C20H32N4O2S.HI/c1-21-20(22-8-14-27(25)17-18-5-3-2-4-6-18)24-9-7-19(16-24)15-23-10-12-26-13-11-23;/h2-6,19H,7-17H2,1H3,(H,21,22);1H. The molecular formula is C20H33IN4O2S. The number of nitrogens with one attached hydrogen (secondary N) is 1. The molecule has 0 amide bonds. The largest absolute Gasteiger partial charge is 0.379 e. The van der Waals surface area contributed by atoms with E-state index in [2.05, 4.69) is 20.1 Å². The lowest BCUT2D eigenvalue weighted by molar-refractivity contribution is 0.0315. The Morgan fingerprint density at radius 1 is 1.25 bits per heavy atom. The van der Waals surface area contributed by atoms with Crippen molar-refractivity contribution in [2.45, 2.75) is 12.2 Å². The van der Waals surface area contributed by atoms with Crippen molar-refractivity contribution in [2.75, 3.05) is 65.3 Å². The maximum Gasteiger partial charge on any atom is 0.193 e. The molecule has 2 heterocycles. The van der Waals surface area contributed by atoms with Gasteiger partial charge >= 0.3 is 0 Å². The van der Waals surface area contributed by atoms with Gasteiger partial charge in [0.15, 0.2) is 5.96 Å². The molecule has 0 bridgehead atoms. The van der Waals surface area contributed by atoms with Crippen molar-refractivity contribution < 1.29 is 8.95 Å². The van der Waals surface area contributed by atoms with Gasteiger partial charge in [-0.05, 0) is 17.9 Å². The molecule has 2 aliphatic rings. The van der Waals surface area contributed by atoms with Crippen LogP contribution in [0.5, 0.6) is 0 Å². The summed E-state index contributed by atoms with van der Waals surface area (Å²) < 4.78 is 17.7. The first-order valence-corrected chi connectivity index (χ1v) is 11.4. The first-order valence-electron chi connectivity index (χ1n) is 9.89. The molecule has 1 N–H and O–H groups in total. The first kappa shape index (κ1) is 23.6. The highest BCUT2D eigenvalue weighted by molar-refractivity contribution is 14.0. The van der Waals surface area contributed by atoms with Crippen LogP contribution in [0.3, 0.4) is 0 Å². The van der Waals surface area contributed by atoms with Crippen LogP contribution in [0.1, 0.15) is 12.0 Å². The lowest BCUT2D eigenvalue weighted by Gasteiger charge is -2.29. The number of benzene rings is 1. The van der Waals surface area contributed by atoms with Gasteiger partial charge in [-0.1, -0.05) is 30.3 Å². The number of hydrogen-bond donors (Lipinski definition) is 1. The summed E-state index contributed by atoms with van der Waals surface area (Å²) in [4.78, 5) is 9.28. The molecule has 2 aliphatic heterocycles. The Hall–Kier alpha value is -0.710. The van der Waals surface area contributed by atoms with Gasteiger partial charge in [-0.2, -0.15) is 0 Å². The zero-order valence-electron chi connectivity index (χ0n) is 16.7. The third-order valence-corrected chi connectivity index (χ3v) is 6.52. The third-order valence-electron chi connectivity index (χ3n) is 5.20. The molecule has 0 radical (unpaired) electrons. The second kappa shape index (κ2) is 12.8. The molecule has 0 spiro atoms. The molecule has 0 aromatic heterocycles. The smallest absolute Gasteiger partial charge is 0.193 e. The molecule has 8 heteroatoms. The van der Waals surface area contributed by atoms with Gasteiger partial charge in [0, 0.05) is 68.6 Å². The van der Waals surface area contributed by atoms with Crippen molar-refractivity contribution >= 4 is 40.7 Å². The number of guanidine groups is 1. The maximum absolute atomic E-state index is 12.3. The topological polar surface area (TPSA) is 57.2 Å². The van der Waals surface area contributed by atoms with Crippen LogP contribution in [0.2, 0.25) is 0 Å². The Morgan fingerprint density at radius 3 is 2.71 bits per heavy atom. The van der Waals surface area contributed by atoms with Crippen molar-refractivity contribution in [1.82, 2.24) is 15.1 Å². The fourth-order valence-corrected chi connectivity index (χ4v) is 4.80. The first-order chi connectivity index (χ1) is 13.2. The van der Waals surface area contributed by atoms with E-state index < -0.39 is 10.8 Å². The molecule has 2 fully saturated rings. The summed E-state index contributed by atoms with van der Waals surface area (Å²) in [6, 6.07) is 10.0. The van der Waals surface area contributed by atoms with Crippen LogP contribution in [0.25, 0.3) is 0 Å². The number of aliphatic imine (C=N–C) groups is 1. The molecule has 2 atom stereocenters. The van der Waals surface area contributed by atoms with Crippen LogP contribution in [0, 0.1) is 5.92 Å². The van der Waals surface area contributed by atoms with Gasteiger partial charge in [0.05, 0.1) is 13.2 Å². The van der Waals surface area contributed by atoms with E-state index >= 15 is 0 Å². The quantitative estimate of drug-likeness (QED) is 0.338. The molecule has 0 saturated carbocycles. The highest BCUT2D eigenvalue weighted by Gasteiger charge is 2.27. The summed E-state index contributed by atoms with van der Waals surface area (Å²) in [6.07, 6.45) is 1.21. The zero-order chi connectivity index (χ0) is 18.9. The molecule has 3 rings (SSSR count). The van der Waals surface area contributed by atoms with Gasteiger partial charge in [0.1, 0.15) is 0 Å². The molecule has 1 aromatic carbocycles. The van der Waals surface area contributed by atoms with Gasteiger partial charge in [-0.3, -0.25) is 14.1 Å². The van der Waals surface area contributed by atoms with E-state index in [1.54, 1.807) is 0 Å². The Kier molecular flexibility index (Phi) is 10.7. The minimum Gasteiger partial charge on any atom is -0.379 e. The summed E-state index contributed by atoms with van der Waals surface area (Å²) in [6.45, 7) is 7.76. The SMILES string of the molecule is CN=C(NCCS(=O)Cc1ccccc1)N1CCC(CN2CCOCC2)C1.I. The predicted molar refractivity (Wildman–Crippen MR) is 127 cm³/mol. The van der Waals surface area contributed by atoms with E-state index in [-0.39, 0.29) is 24.0 Å². The van der Waals surface area contributed by atoms with Gasteiger partial charge in [0.25, 0.3) is 0 Å². The Bertz CT molecular complexity index is 626. The van der Waals surface area contributed by atoms with Crippen LogP contribution in [0.15, 0.2) is 35.3 Å². The molecule has 2 saturated heterocycles. The maximum atomic E-state index is 12.3. The monoisotopic (exact) mass is 520 g/mol. The average molecular weight is 520 g/mol. The van der Waals surface area contributed by atoms with Crippen LogP contribution < -0.4 is 5.32 Å². The van der Waals surface area contributed by atoms with Crippen molar-refractivity contribution in [3.05, 3.63) is 35.9 Å². The zero-order valence-corrected chi connectivity index (χ0v) is 19.9. The van der Waals surface area contributed by atoms with Crippen LogP contribution in [-0.2, 0) is 21.3 Å². The number of rotatable bonds is 7. The van der Waals surface area contributed by atoms with Crippen molar-refractivity contribution in [3.63, 3.8) is 0 Å². The Morgan fingerprint density at radius 2 is 2.00 bits per heavy atom. The molecule has 28 heavy (non-hydrogen) atoms. The van der Waals surface area contributed by atoms with Gasteiger partial charge in [0.2, 0.25) is 0 Å². The van der Waals surface area contributed by atoms with Crippen molar-refractivity contribution in [2.24, 2.45) is 10.9 Å². The van der Waals surface area contributed by atoms with Crippen LogP contribution in [-0.4, -0.2) is 85.3 Å².